The lowest BCUT2D eigenvalue weighted by Crippen LogP contribution is -1.84. The molecule has 0 aliphatic rings. The summed E-state index contributed by atoms with van der Waals surface area (Å²) < 4.78 is 1.79. The van der Waals surface area contributed by atoms with Gasteiger partial charge in [0, 0.05) is 53.9 Å². The smallest absolute Gasteiger partial charge is 0.178 e. The molecule has 0 saturated carbocycles. The van der Waals surface area contributed by atoms with E-state index >= 15 is 0 Å². The van der Waals surface area contributed by atoms with Gasteiger partial charge in [-0.15, -0.1) is 0 Å². The Labute approximate surface area is 170 Å². The first-order valence-corrected chi connectivity index (χ1v) is 9.49. The monoisotopic (exact) mass is 392 g/mol. The van der Waals surface area contributed by atoms with Gasteiger partial charge in [-0.1, -0.05) is 12.1 Å². The second-order valence-corrected chi connectivity index (χ2v) is 7.12. The van der Waals surface area contributed by atoms with Crippen molar-refractivity contribution in [2.24, 2.45) is 7.05 Å². The predicted octanol–water partition coefficient (Wildman–Crippen LogP) is 3.96. The van der Waals surface area contributed by atoms with E-state index in [1.807, 2.05) is 49.9 Å². The summed E-state index contributed by atoms with van der Waals surface area (Å²) in [6.07, 6.45) is 9.20. The zero-order chi connectivity index (χ0) is 20.1. The highest BCUT2D eigenvalue weighted by atomic mass is 15.2. The lowest BCUT2D eigenvalue weighted by atomic mass is 10.1. The van der Waals surface area contributed by atoms with Crippen LogP contribution in [0.2, 0.25) is 0 Å². The summed E-state index contributed by atoms with van der Waals surface area (Å²) in [6.45, 7) is 0. The molecule has 0 radical (unpaired) electrons. The van der Waals surface area contributed by atoms with E-state index in [1.165, 1.54) is 0 Å². The van der Waals surface area contributed by atoms with Gasteiger partial charge >= 0.3 is 0 Å². The van der Waals surface area contributed by atoms with Crippen LogP contribution in [-0.2, 0) is 7.05 Å². The van der Waals surface area contributed by atoms with Gasteiger partial charge in [0.1, 0.15) is 5.69 Å². The summed E-state index contributed by atoms with van der Waals surface area (Å²) in [5.41, 5.74) is 7.34. The van der Waals surface area contributed by atoms with E-state index in [0.29, 0.717) is 11.5 Å². The van der Waals surface area contributed by atoms with Gasteiger partial charge in [0.15, 0.2) is 11.5 Å². The van der Waals surface area contributed by atoms with Crippen LogP contribution in [0.25, 0.3) is 55.8 Å². The SMILES string of the molecule is Cn1cc(-c2ccc3[nH]nc(-c4nc5nccc(-c6cccnc6)c5[nH]4)c3c2)cn1. The number of hydrogen-bond acceptors (Lipinski definition) is 5. The van der Waals surface area contributed by atoms with E-state index < -0.39 is 0 Å². The molecule has 8 heteroatoms. The molecular formula is C22H16N8. The number of benzene rings is 1. The van der Waals surface area contributed by atoms with Gasteiger partial charge in [-0.25, -0.2) is 9.97 Å². The fraction of sp³-hybridized carbons (Fsp3) is 0.0455. The standard InChI is InChI=1S/C22H16N8/c1-30-12-15(11-25-30)13-4-5-18-17(9-13)20(29-28-18)22-26-19-16(6-8-24-21(19)27-22)14-3-2-7-23-10-14/h2-12H,1H3,(H,28,29)(H,24,26,27). The van der Waals surface area contributed by atoms with Crippen LogP contribution in [0.15, 0.2) is 67.4 Å². The van der Waals surface area contributed by atoms with Crippen molar-refractivity contribution in [2.75, 3.05) is 0 Å². The van der Waals surface area contributed by atoms with Crippen molar-refractivity contribution in [2.45, 2.75) is 0 Å². The molecule has 5 aromatic heterocycles. The number of hydrogen-bond donors (Lipinski definition) is 2. The quantitative estimate of drug-likeness (QED) is 0.475. The minimum Gasteiger partial charge on any atom is -0.335 e. The number of aryl methyl sites for hydroxylation is 1. The zero-order valence-electron chi connectivity index (χ0n) is 16.0. The van der Waals surface area contributed by atoms with Crippen molar-refractivity contribution in [3.05, 3.63) is 67.4 Å². The Hall–Kier alpha value is -4.33. The molecule has 1 aromatic carbocycles. The number of fused-ring (bicyclic) bond motifs is 2. The second-order valence-electron chi connectivity index (χ2n) is 7.12. The number of nitrogens with one attached hydrogen (secondary N) is 2. The van der Waals surface area contributed by atoms with E-state index in [9.17, 15) is 0 Å². The molecule has 0 bridgehead atoms. The minimum atomic E-state index is 0.644. The normalized spacial score (nSPS) is 11.5. The van der Waals surface area contributed by atoms with Gasteiger partial charge in [0.25, 0.3) is 0 Å². The molecule has 6 rings (SSSR count). The highest BCUT2D eigenvalue weighted by Crippen LogP contribution is 2.32. The largest absolute Gasteiger partial charge is 0.335 e. The molecule has 0 aliphatic heterocycles. The average molecular weight is 392 g/mol. The number of imidazole rings is 1. The van der Waals surface area contributed by atoms with Gasteiger partial charge in [-0.2, -0.15) is 10.2 Å². The summed E-state index contributed by atoms with van der Waals surface area (Å²) in [5, 5.41) is 12.9. The van der Waals surface area contributed by atoms with Crippen LogP contribution in [0, 0.1) is 0 Å². The maximum atomic E-state index is 4.71. The average Bonchev–Trinajstić information content (AvgIpc) is 3.50. The topological polar surface area (TPSA) is 101 Å². The van der Waals surface area contributed by atoms with Crippen molar-refractivity contribution in [1.82, 2.24) is 39.9 Å². The molecule has 0 fully saturated rings. The number of pyridine rings is 2. The maximum absolute atomic E-state index is 4.71. The molecular weight excluding hydrogens is 376 g/mol. The number of rotatable bonds is 3. The molecule has 2 N–H and O–H groups in total. The maximum Gasteiger partial charge on any atom is 0.178 e. The number of aromatic nitrogens is 8. The molecule has 5 heterocycles. The molecule has 8 nitrogen and oxygen atoms in total. The Morgan fingerprint density at radius 2 is 1.93 bits per heavy atom. The van der Waals surface area contributed by atoms with Gasteiger partial charge < -0.3 is 4.98 Å². The summed E-state index contributed by atoms with van der Waals surface area (Å²) in [4.78, 5) is 16.8. The molecule has 6 aromatic rings. The third-order valence-electron chi connectivity index (χ3n) is 5.19. The Bertz CT molecular complexity index is 1510. The summed E-state index contributed by atoms with van der Waals surface area (Å²) in [6, 6.07) is 12.1. The summed E-state index contributed by atoms with van der Waals surface area (Å²) >= 11 is 0. The van der Waals surface area contributed by atoms with Crippen LogP contribution in [0.5, 0.6) is 0 Å². The highest BCUT2D eigenvalue weighted by Gasteiger charge is 2.16. The van der Waals surface area contributed by atoms with Crippen LogP contribution in [0.3, 0.4) is 0 Å². The Balaban J connectivity index is 1.52. The van der Waals surface area contributed by atoms with Gasteiger partial charge in [0.05, 0.1) is 17.2 Å². The molecule has 30 heavy (non-hydrogen) atoms. The van der Waals surface area contributed by atoms with E-state index in [-0.39, 0.29) is 0 Å². The third-order valence-corrected chi connectivity index (χ3v) is 5.19. The zero-order valence-corrected chi connectivity index (χ0v) is 16.0. The van der Waals surface area contributed by atoms with E-state index in [1.54, 1.807) is 17.1 Å². The third kappa shape index (κ3) is 2.58. The molecule has 0 unspecified atom stereocenters. The fourth-order valence-corrected chi connectivity index (χ4v) is 3.73. The van der Waals surface area contributed by atoms with E-state index in [2.05, 4.69) is 42.4 Å². The van der Waals surface area contributed by atoms with Crippen LogP contribution >= 0.6 is 0 Å². The highest BCUT2D eigenvalue weighted by molar-refractivity contribution is 5.97. The lowest BCUT2D eigenvalue weighted by molar-refractivity contribution is 0.768. The Morgan fingerprint density at radius 1 is 0.967 bits per heavy atom. The van der Waals surface area contributed by atoms with Crippen molar-refractivity contribution in [3.8, 4) is 33.8 Å². The molecule has 0 amide bonds. The van der Waals surface area contributed by atoms with Crippen LogP contribution in [-0.4, -0.2) is 39.9 Å². The van der Waals surface area contributed by atoms with Crippen molar-refractivity contribution >= 4 is 22.1 Å². The van der Waals surface area contributed by atoms with Gasteiger partial charge in [-0.05, 0) is 29.8 Å². The first-order chi connectivity index (χ1) is 14.8. The first-order valence-electron chi connectivity index (χ1n) is 9.49. The molecule has 0 atom stereocenters. The molecule has 144 valence electrons. The Morgan fingerprint density at radius 3 is 2.77 bits per heavy atom. The van der Waals surface area contributed by atoms with E-state index in [4.69, 9.17) is 4.98 Å². The minimum absolute atomic E-state index is 0.644. The van der Waals surface area contributed by atoms with Crippen molar-refractivity contribution < 1.29 is 0 Å². The lowest BCUT2D eigenvalue weighted by Gasteiger charge is -2.01. The van der Waals surface area contributed by atoms with Crippen LogP contribution in [0.1, 0.15) is 0 Å². The first kappa shape index (κ1) is 16.6. The number of nitrogens with zero attached hydrogens (tertiary/aromatic N) is 6. The molecule has 0 spiro atoms. The summed E-state index contributed by atoms with van der Waals surface area (Å²) in [7, 11) is 1.91. The van der Waals surface area contributed by atoms with Crippen LogP contribution in [0.4, 0.5) is 0 Å². The second kappa shape index (κ2) is 6.35. The number of aromatic amines is 2. The van der Waals surface area contributed by atoms with Gasteiger partial charge in [0.2, 0.25) is 0 Å². The molecule has 0 aliphatic carbocycles. The number of H-pyrrole nitrogens is 2. The fourth-order valence-electron chi connectivity index (χ4n) is 3.73. The van der Waals surface area contributed by atoms with Crippen molar-refractivity contribution in [3.63, 3.8) is 0 Å². The van der Waals surface area contributed by atoms with E-state index in [0.717, 1.165) is 44.4 Å². The Kier molecular flexibility index (Phi) is 3.51. The predicted molar refractivity (Wildman–Crippen MR) is 114 cm³/mol. The van der Waals surface area contributed by atoms with Crippen LogP contribution < -0.4 is 0 Å². The van der Waals surface area contributed by atoms with Crippen molar-refractivity contribution in [1.29, 1.82) is 0 Å². The summed E-state index contributed by atoms with van der Waals surface area (Å²) in [5.74, 6) is 0.670. The van der Waals surface area contributed by atoms with Gasteiger partial charge in [-0.3, -0.25) is 14.8 Å². The molecule has 0 saturated heterocycles.